The van der Waals surface area contributed by atoms with Crippen LogP contribution in [0.2, 0.25) is 0 Å². The topological polar surface area (TPSA) is 69.3 Å². The molecule has 0 spiro atoms. The number of carbonyl (C=O) groups excluding carboxylic acids is 1. The third-order valence-corrected chi connectivity index (χ3v) is 5.03. The highest BCUT2D eigenvalue weighted by Gasteiger charge is 2.22. The first kappa shape index (κ1) is 21.5. The van der Waals surface area contributed by atoms with E-state index in [-0.39, 0.29) is 5.91 Å². The van der Waals surface area contributed by atoms with E-state index in [0.29, 0.717) is 35.9 Å². The van der Waals surface area contributed by atoms with Crippen molar-refractivity contribution in [3.05, 3.63) is 47.5 Å². The summed E-state index contributed by atoms with van der Waals surface area (Å²) < 4.78 is 21.6. The van der Waals surface area contributed by atoms with Crippen LogP contribution in [0.15, 0.2) is 36.4 Å². The molecule has 1 saturated heterocycles. The van der Waals surface area contributed by atoms with E-state index in [9.17, 15) is 4.79 Å². The van der Waals surface area contributed by atoms with Crippen LogP contribution >= 0.6 is 0 Å². The summed E-state index contributed by atoms with van der Waals surface area (Å²) in [5.74, 6) is 2.30. The first-order valence-electron chi connectivity index (χ1n) is 9.77. The third-order valence-electron chi connectivity index (χ3n) is 5.03. The number of hydrogen-bond acceptors (Lipinski definition) is 6. The summed E-state index contributed by atoms with van der Waals surface area (Å²) in [6, 6.07) is 11.1. The molecule has 1 N–H and O–H groups in total. The fourth-order valence-electron chi connectivity index (χ4n) is 3.43. The minimum atomic E-state index is -0.0181. The van der Waals surface area contributed by atoms with Crippen LogP contribution in [0.4, 0.5) is 0 Å². The summed E-state index contributed by atoms with van der Waals surface area (Å²) in [6.07, 6.45) is 1.86. The summed E-state index contributed by atoms with van der Waals surface area (Å²) in [4.78, 5) is 15.3. The van der Waals surface area contributed by atoms with Gasteiger partial charge in [0.1, 0.15) is 5.75 Å². The van der Waals surface area contributed by atoms with Crippen LogP contribution in [0.25, 0.3) is 11.6 Å². The molecular weight excluding hydrogens is 384 g/mol. The van der Waals surface area contributed by atoms with Gasteiger partial charge < -0.3 is 29.2 Å². The van der Waals surface area contributed by atoms with Crippen molar-refractivity contribution in [1.29, 1.82) is 0 Å². The van der Waals surface area contributed by atoms with Gasteiger partial charge in [0.2, 0.25) is 5.75 Å². The molecule has 7 heteroatoms. The molecule has 0 aromatic heterocycles. The molecule has 3 rings (SSSR count). The number of nitrogens with one attached hydrogen (secondary N) is 1. The molecule has 2 aromatic carbocycles. The van der Waals surface area contributed by atoms with Gasteiger partial charge >= 0.3 is 0 Å². The zero-order valence-electron chi connectivity index (χ0n) is 17.9. The van der Waals surface area contributed by atoms with E-state index >= 15 is 0 Å². The van der Waals surface area contributed by atoms with Gasteiger partial charge in [-0.05, 0) is 41.5 Å². The average Bonchev–Trinajstić information content (AvgIpc) is 2.82. The number of carbonyl (C=O) groups is 1. The number of amides is 1. The molecule has 2 aromatic rings. The molecule has 0 atom stereocenters. The van der Waals surface area contributed by atoms with Gasteiger partial charge in [0.15, 0.2) is 11.5 Å². The van der Waals surface area contributed by atoms with Crippen molar-refractivity contribution in [2.24, 2.45) is 0 Å². The van der Waals surface area contributed by atoms with E-state index in [1.807, 2.05) is 47.4 Å². The van der Waals surface area contributed by atoms with Crippen LogP contribution in [-0.4, -0.2) is 65.4 Å². The van der Waals surface area contributed by atoms with Gasteiger partial charge in [-0.2, -0.15) is 0 Å². The molecule has 1 heterocycles. The van der Waals surface area contributed by atoms with Crippen LogP contribution in [0, 0.1) is 0 Å². The second-order valence-electron chi connectivity index (χ2n) is 6.79. The Morgan fingerprint density at radius 2 is 1.50 bits per heavy atom. The lowest BCUT2D eigenvalue weighted by Crippen LogP contribution is -2.46. The maximum atomic E-state index is 13.4. The van der Waals surface area contributed by atoms with Gasteiger partial charge in [0.05, 0.1) is 28.4 Å². The normalized spacial score (nSPS) is 14.3. The number of nitrogens with zero attached hydrogens (tertiary/aromatic N) is 1. The zero-order chi connectivity index (χ0) is 21.5. The Bertz CT molecular complexity index is 877. The van der Waals surface area contributed by atoms with Crippen molar-refractivity contribution >= 4 is 17.6 Å². The largest absolute Gasteiger partial charge is 0.497 e. The van der Waals surface area contributed by atoms with Gasteiger partial charge in [-0.15, -0.1) is 0 Å². The summed E-state index contributed by atoms with van der Waals surface area (Å²) in [5, 5.41) is 3.28. The molecule has 0 radical (unpaired) electrons. The predicted molar refractivity (Wildman–Crippen MR) is 116 cm³/mol. The highest BCUT2D eigenvalue weighted by atomic mass is 16.5. The number of rotatable bonds is 7. The highest BCUT2D eigenvalue weighted by molar-refractivity contribution is 6.24. The lowest BCUT2D eigenvalue weighted by molar-refractivity contribution is -0.125. The van der Waals surface area contributed by atoms with E-state index in [1.165, 1.54) is 0 Å². The summed E-state index contributed by atoms with van der Waals surface area (Å²) in [6.45, 7) is 2.90. The van der Waals surface area contributed by atoms with Crippen LogP contribution < -0.4 is 24.3 Å². The molecule has 0 bridgehead atoms. The average molecular weight is 412 g/mol. The van der Waals surface area contributed by atoms with Crippen LogP contribution in [-0.2, 0) is 4.79 Å². The van der Waals surface area contributed by atoms with Crippen molar-refractivity contribution in [3.63, 3.8) is 0 Å². The van der Waals surface area contributed by atoms with E-state index in [0.717, 1.165) is 30.0 Å². The van der Waals surface area contributed by atoms with Gasteiger partial charge in [-0.3, -0.25) is 4.79 Å². The van der Waals surface area contributed by atoms with Gasteiger partial charge in [0.25, 0.3) is 5.91 Å². The second-order valence-corrected chi connectivity index (χ2v) is 6.79. The van der Waals surface area contributed by atoms with E-state index in [2.05, 4.69) is 5.32 Å². The monoisotopic (exact) mass is 412 g/mol. The van der Waals surface area contributed by atoms with Crippen LogP contribution in [0.1, 0.15) is 11.1 Å². The van der Waals surface area contributed by atoms with E-state index in [1.54, 1.807) is 28.4 Å². The molecule has 0 aliphatic carbocycles. The van der Waals surface area contributed by atoms with Crippen molar-refractivity contribution in [2.75, 3.05) is 54.6 Å². The van der Waals surface area contributed by atoms with Crippen molar-refractivity contribution in [1.82, 2.24) is 10.2 Å². The first-order valence-corrected chi connectivity index (χ1v) is 9.77. The number of benzene rings is 2. The number of hydrogen-bond donors (Lipinski definition) is 1. The Hall–Kier alpha value is -3.19. The summed E-state index contributed by atoms with van der Waals surface area (Å²) in [7, 11) is 6.32. The van der Waals surface area contributed by atoms with Crippen LogP contribution in [0.5, 0.6) is 23.0 Å². The Morgan fingerprint density at radius 3 is 2.00 bits per heavy atom. The van der Waals surface area contributed by atoms with Gasteiger partial charge in [-0.25, -0.2) is 0 Å². The Morgan fingerprint density at radius 1 is 0.900 bits per heavy atom. The molecule has 30 heavy (non-hydrogen) atoms. The third kappa shape index (κ3) is 4.68. The fourth-order valence-corrected chi connectivity index (χ4v) is 3.43. The molecule has 0 saturated carbocycles. The molecule has 1 fully saturated rings. The van der Waals surface area contributed by atoms with E-state index < -0.39 is 0 Å². The lowest BCUT2D eigenvalue weighted by atomic mass is 10.0. The minimum Gasteiger partial charge on any atom is -0.497 e. The molecule has 1 aliphatic rings. The Balaban J connectivity index is 2.08. The number of piperazine rings is 1. The molecular formula is C23H28N2O5. The van der Waals surface area contributed by atoms with Crippen molar-refractivity contribution in [2.45, 2.75) is 0 Å². The van der Waals surface area contributed by atoms with Crippen LogP contribution in [0.3, 0.4) is 0 Å². The molecule has 7 nitrogen and oxygen atoms in total. The number of methoxy groups -OCH3 is 4. The maximum absolute atomic E-state index is 13.4. The quantitative estimate of drug-likeness (QED) is 0.557. The molecule has 1 aliphatic heterocycles. The molecule has 160 valence electrons. The Labute approximate surface area is 177 Å². The standard InChI is InChI=1S/C23H28N2O5/c1-27-18-7-5-17(6-8-18)19(23(26)25-11-9-24-10-12-25)13-16-14-20(28-2)22(30-4)21(15-16)29-3/h5-8,13-15,24H,9-12H2,1-4H3/b19-13+. The summed E-state index contributed by atoms with van der Waals surface area (Å²) in [5.41, 5.74) is 2.18. The highest BCUT2D eigenvalue weighted by Crippen LogP contribution is 2.39. The van der Waals surface area contributed by atoms with Crippen molar-refractivity contribution in [3.8, 4) is 23.0 Å². The smallest absolute Gasteiger partial charge is 0.254 e. The Kier molecular flexibility index (Phi) is 7.19. The lowest BCUT2D eigenvalue weighted by Gasteiger charge is -2.28. The predicted octanol–water partition coefficient (Wildman–Crippen LogP) is 2.69. The summed E-state index contributed by atoms with van der Waals surface area (Å²) >= 11 is 0. The van der Waals surface area contributed by atoms with Gasteiger partial charge in [0, 0.05) is 31.8 Å². The second kappa shape index (κ2) is 10.0. The minimum absolute atomic E-state index is 0.0181. The molecule has 1 amide bonds. The maximum Gasteiger partial charge on any atom is 0.254 e. The molecule has 0 unspecified atom stereocenters. The zero-order valence-corrected chi connectivity index (χ0v) is 17.9. The van der Waals surface area contributed by atoms with Gasteiger partial charge in [-0.1, -0.05) is 12.1 Å². The van der Waals surface area contributed by atoms with Crippen molar-refractivity contribution < 1.29 is 23.7 Å². The first-order chi connectivity index (χ1) is 14.6. The van der Waals surface area contributed by atoms with E-state index in [4.69, 9.17) is 18.9 Å². The number of ether oxygens (including phenoxy) is 4. The SMILES string of the molecule is COc1ccc(/C(=C\c2cc(OC)c(OC)c(OC)c2)C(=O)N2CCNCC2)cc1. The fraction of sp³-hybridized carbons (Fsp3) is 0.348.